The fourth-order valence-corrected chi connectivity index (χ4v) is 1.05. The maximum Gasteiger partial charge on any atom is 0.407 e. The van der Waals surface area contributed by atoms with Crippen molar-refractivity contribution in [1.29, 1.82) is 0 Å². The summed E-state index contributed by atoms with van der Waals surface area (Å²) >= 11 is 0. The molecule has 0 aliphatic rings. The van der Waals surface area contributed by atoms with Gasteiger partial charge in [-0.15, -0.1) is 0 Å². The number of amides is 1. The fraction of sp³-hybridized carbons (Fsp3) is 0.462. The van der Waals surface area contributed by atoms with Gasteiger partial charge in [-0.3, -0.25) is 0 Å². The molecule has 0 fully saturated rings. The van der Waals surface area contributed by atoms with Gasteiger partial charge in [0, 0.05) is 25.4 Å². The van der Waals surface area contributed by atoms with E-state index in [1.807, 2.05) is 20.8 Å². The molecule has 1 aromatic heterocycles. The van der Waals surface area contributed by atoms with Crippen LogP contribution in [0.3, 0.4) is 0 Å². The minimum absolute atomic E-state index is 0.430. The van der Waals surface area contributed by atoms with Crippen molar-refractivity contribution in [3.05, 3.63) is 24.3 Å². The van der Waals surface area contributed by atoms with Crippen molar-refractivity contribution in [2.24, 2.45) is 0 Å². The van der Waals surface area contributed by atoms with E-state index in [1.54, 1.807) is 18.5 Å². The van der Waals surface area contributed by atoms with Crippen LogP contribution in [-0.2, 0) is 4.74 Å². The molecule has 1 N–H and O–H groups in total. The van der Waals surface area contributed by atoms with Crippen LogP contribution in [0.25, 0.3) is 0 Å². The van der Waals surface area contributed by atoms with Gasteiger partial charge in [0.15, 0.2) is 0 Å². The summed E-state index contributed by atoms with van der Waals surface area (Å²) < 4.78 is 5.08. The Morgan fingerprint density at radius 1 is 1.39 bits per heavy atom. The number of carbonyl (C=O) groups is 1. The highest BCUT2D eigenvalue weighted by Gasteiger charge is 2.15. The lowest BCUT2D eigenvalue weighted by atomic mass is 10.2. The smallest absolute Gasteiger partial charge is 0.407 e. The van der Waals surface area contributed by atoms with Crippen LogP contribution < -0.4 is 5.32 Å². The van der Waals surface area contributed by atoms with Gasteiger partial charge >= 0.3 is 6.09 Å². The van der Waals surface area contributed by atoms with Crippen molar-refractivity contribution in [3.63, 3.8) is 0 Å². The Labute approximate surface area is 107 Å². The summed E-state index contributed by atoms with van der Waals surface area (Å²) in [6.07, 6.45) is 3.36. The van der Waals surface area contributed by atoms with E-state index < -0.39 is 11.7 Å². The lowest BCUT2D eigenvalue weighted by Gasteiger charge is -2.19. The lowest BCUT2D eigenvalue weighted by molar-refractivity contribution is 0.0529. The maximum atomic E-state index is 11.3. The average molecular weight is 247 g/mol. The van der Waals surface area contributed by atoms with Crippen molar-refractivity contribution >= 4 is 6.09 Å². The molecule has 1 aromatic rings. The predicted octanol–water partition coefficient (Wildman–Crippen LogP) is 1.74. The van der Waals surface area contributed by atoms with Crippen LogP contribution in [0.1, 0.15) is 33.0 Å². The minimum atomic E-state index is -0.479. The molecule has 0 saturated heterocycles. The molecule has 0 radical (unpaired) electrons. The molecule has 0 aliphatic heterocycles. The van der Waals surface area contributed by atoms with Crippen LogP contribution in [0.2, 0.25) is 0 Å². The van der Waals surface area contributed by atoms with E-state index in [0.29, 0.717) is 18.8 Å². The van der Waals surface area contributed by atoms with E-state index in [9.17, 15) is 4.79 Å². The van der Waals surface area contributed by atoms with Crippen LogP contribution >= 0.6 is 0 Å². The maximum absolute atomic E-state index is 11.3. The van der Waals surface area contributed by atoms with Crippen molar-refractivity contribution in [2.75, 3.05) is 6.54 Å². The van der Waals surface area contributed by atoms with Crippen LogP contribution in [-0.4, -0.2) is 28.2 Å². The Kier molecular flexibility index (Phi) is 5.12. The Balaban J connectivity index is 2.24. The number of hydrogen-bond donors (Lipinski definition) is 1. The first-order chi connectivity index (χ1) is 8.47. The quantitative estimate of drug-likeness (QED) is 0.638. The van der Waals surface area contributed by atoms with Crippen LogP contribution in [0.5, 0.6) is 0 Å². The molecule has 1 rings (SSSR count). The molecule has 0 unspecified atom stereocenters. The van der Waals surface area contributed by atoms with Gasteiger partial charge in [-0.1, -0.05) is 5.92 Å². The molecule has 0 aliphatic carbocycles. The van der Waals surface area contributed by atoms with Gasteiger partial charge in [0.1, 0.15) is 5.60 Å². The highest BCUT2D eigenvalue weighted by Crippen LogP contribution is 2.06. The van der Waals surface area contributed by atoms with Gasteiger partial charge in [0.05, 0.1) is 0 Å². The molecular weight excluding hydrogens is 230 g/mol. The molecule has 96 valence electrons. The molecule has 18 heavy (non-hydrogen) atoms. The first-order valence-corrected chi connectivity index (χ1v) is 5.70. The molecule has 0 saturated carbocycles. The van der Waals surface area contributed by atoms with Gasteiger partial charge in [0.25, 0.3) is 0 Å². The van der Waals surface area contributed by atoms with Crippen LogP contribution in [0.4, 0.5) is 4.79 Å². The van der Waals surface area contributed by atoms with Crippen LogP contribution in [0.15, 0.2) is 18.5 Å². The number of carbonyl (C=O) groups excluding carboxylic acids is 1. The van der Waals surface area contributed by atoms with Crippen molar-refractivity contribution in [2.45, 2.75) is 32.8 Å². The Hall–Kier alpha value is -2.09. The molecule has 5 heteroatoms. The molecule has 1 heterocycles. The van der Waals surface area contributed by atoms with E-state index in [0.717, 1.165) is 0 Å². The van der Waals surface area contributed by atoms with Gasteiger partial charge in [-0.2, -0.15) is 0 Å². The van der Waals surface area contributed by atoms with E-state index in [4.69, 9.17) is 4.74 Å². The zero-order valence-electron chi connectivity index (χ0n) is 10.9. The first-order valence-electron chi connectivity index (χ1n) is 5.70. The lowest BCUT2D eigenvalue weighted by Crippen LogP contribution is -2.32. The Morgan fingerprint density at radius 2 is 2.06 bits per heavy atom. The third kappa shape index (κ3) is 6.48. The summed E-state index contributed by atoms with van der Waals surface area (Å²) in [6.45, 7) is 5.89. The fourth-order valence-electron chi connectivity index (χ4n) is 1.05. The molecule has 5 nitrogen and oxygen atoms in total. The molecule has 0 aromatic carbocycles. The van der Waals surface area contributed by atoms with Gasteiger partial charge < -0.3 is 10.1 Å². The molecule has 0 spiro atoms. The van der Waals surface area contributed by atoms with E-state index in [-0.39, 0.29) is 0 Å². The Bertz CT molecular complexity index is 441. The largest absolute Gasteiger partial charge is 0.444 e. The summed E-state index contributed by atoms with van der Waals surface area (Å²) in [5.74, 6) is 6.16. The van der Waals surface area contributed by atoms with Gasteiger partial charge in [0.2, 0.25) is 5.82 Å². The van der Waals surface area contributed by atoms with Gasteiger partial charge in [-0.25, -0.2) is 14.8 Å². The van der Waals surface area contributed by atoms with E-state index >= 15 is 0 Å². The second kappa shape index (κ2) is 6.60. The van der Waals surface area contributed by atoms with E-state index in [1.165, 1.54) is 0 Å². The third-order valence-electron chi connectivity index (χ3n) is 1.68. The molecule has 0 atom stereocenters. The van der Waals surface area contributed by atoms with Crippen LogP contribution in [0, 0.1) is 11.8 Å². The SMILES string of the molecule is CC(C)(C)OC(=O)NCCC#Cc1ncccn1. The molecule has 1 amide bonds. The van der Waals surface area contributed by atoms with Crippen molar-refractivity contribution < 1.29 is 9.53 Å². The predicted molar refractivity (Wildman–Crippen MR) is 67.8 cm³/mol. The average Bonchev–Trinajstić information content (AvgIpc) is 2.27. The summed E-state index contributed by atoms with van der Waals surface area (Å²) in [4.78, 5) is 19.2. The summed E-state index contributed by atoms with van der Waals surface area (Å²) in [5, 5.41) is 2.62. The number of aromatic nitrogens is 2. The van der Waals surface area contributed by atoms with Gasteiger partial charge in [-0.05, 0) is 32.8 Å². The highest BCUT2D eigenvalue weighted by molar-refractivity contribution is 5.67. The second-order valence-corrected chi connectivity index (χ2v) is 4.55. The number of alkyl carbamates (subject to hydrolysis) is 1. The zero-order chi connectivity index (χ0) is 13.4. The minimum Gasteiger partial charge on any atom is -0.444 e. The molecule has 0 bridgehead atoms. The summed E-state index contributed by atoms with van der Waals surface area (Å²) in [5.41, 5.74) is -0.479. The summed E-state index contributed by atoms with van der Waals surface area (Å²) in [6, 6.07) is 1.73. The number of nitrogens with zero attached hydrogens (tertiary/aromatic N) is 2. The van der Waals surface area contributed by atoms with Crippen molar-refractivity contribution in [1.82, 2.24) is 15.3 Å². The summed E-state index contributed by atoms with van der Waals surface area (Å²) in [7, 11) is 0. The monoisotopic (exact) mass is 247 g/mol. The third-order valence-corrected chi connectivity index (χ3v) is 1.68. The first kappa shape index (κ1) is 14.0. The number of hydrogen-bond acceptors (Lipinski definition) is 4. The Morgan fingerprint density at radius 3 is 2.67 bits per heavy atom. The zero-order valence-corrected chi connectivity index (χ0v) is 10.9. The highest BCUT2D eigenvalue weighted by atomic mass is 16.6. The normalized spacial score (nSPS) is 10.2. The van der Waals surface area contributed by atoms with E-state index in [2.05, 4.69) is 27.1 Å². The second-order valence-electron chi connectivity index (χ2n) is 4.55. The standard InChI is InChI=1S/C13H17N3O2/c1-13(2,3)18-12(17)16-8-5-4-7-11-14-9-6-10-15-11/h6,9-10H,5,8H2,1-3H3,(H,16,17). The van der Waals surface area contributed by atoms with Crippen molar-refractivity contribution in [3.8, 4) is 11.8 Å². The topological polar surface area (TPSA) is 64.1 Å². The molecular formula is C13H17N3O2. The number of ether oxygens (including phenoxy) is 1. The number of nitrogens with one attached hydrogen (secondary N) is 1. The number of rotatable bonds is 2.